The summed E-state index contributed by atoms with van der Waals surface area (Å²) in [5.74, 6) is 0.139. The van der Waals surface area contributed by atoms with Gasteiger partial charge in [0.25, 0.3) is 0 Å². The summed E-state index contributed by atoms with van der Waals surface area (Å²) in [6, 6.07) is 13.1. The number of likely N-dealkylation sites (tertiary alicyclic amines) is 1. The zero-order valence-corrected chi connectivity index (χ0v) is 18.1. The van der Waals surface area contributed by atoms with E-state index in [-0.39, 0.29) is 29.5 Å². The molecular weight excluding hydrogens is 421 g/mol. The molecule has 3 rings (SSSR count). The van der Waals surface area contributed by atoms with Crippen molar-refractivity contribution < 1.29 is 27.5 Å². The van der Waals surface area contributed by atoms with Crippen molar-refractivity contribution in [3.63, 3.8) is 0 Å². The first-order valence-electron chi connectivity index (χ1n) is 10.6. The predicted molar refractivity (Wildman–Crippen MR) is 115 cm³/mol. The number of nitrogens with one attached hydrogen (secondary N) is 1. The summed E-state index contributed by atoms with van der Waals surface area (Å²) in [4.78, 5) is 27.0. The molecule has 0 saturated carbocycles. The van der Waals surface area contributed by atoms with Crippen molar-refractivity contribution in [2.45, 2.75) is 38.9 Å². The molecule has 1 N–H and O–H groups in total. The number of urea groups is 1. The Hall–Kier alpha value is -3.03. The highest BCUT2D eigenvalue weighted by atomic mass is 19.4. The van der Waals surface area contributed by atoms with E-state index in [1.807, 2.05) is 31.2 Å². The smallest absolute Gasteiger partial charge is 0.422 e. The molecule has 0 aliphatic carbocycles. The largest absolute Gasteiger partial charge is 0.484 e. The Balaban J connectivity index is 1.48. The van der Waals surface area contributed by atoms with Crippen LogP contribution in [0.3, 0.4) is 0 Å². The van der Waals surface area contributed by atoms with E-state index in [9.17, 15) is 22.8 Å². The van der Waals surface area contributed by atoms with E-state index in [1.54, 1.807) is 24.0 Å². The fourth-order valence-electron chi connectivity index (χ4n) is 3.68. The van der Waals surface area contributed by atoms with E-state index >= 15 is 0 Å². The minimum absolute atomic E-state index is 0.0941. The molecular formula is C24H27F3N2O3. The molecule has 1 aliphatic heterocycles. The average molecular weight is 448 g/mol. The molecule has 1 atom stereocenters. The Morgan fingerprint density at radius 3 is 2.22 bits per heavy atom. The molecule has 1 aliphatic rings. The topological polar surface area (TPSA) is 58.6 Å². The van der Waals surface area contributed by atoms with Crippen LogP contribution in [0, 0.1) is 12.8 Å². The van der Waals surface area contributed by atoms with Gasteiger partial charge < -0.3 is 15.0 Å². The van der Waals surface area contributed by atoms with Crippen molar-refractivity contribution in [3.05, 3.63) is 65.2 Å². The third-order valence-electron chi connectivity index (χ3n) is 5.61. The SMILES string of the molecule is Cc1ccc(C(=O)C2CCN(C(=O)NC(C)c3ccc(OCC(F)(F)F)cc3)CC2)cc1. The number of ketones is 1. The Morgan fingerprint density at radius 2 is 1.66 bits per heavy atom. The lowest BCUT2D eigenvalue weighted by atomic mass is 9.89. The summed E-state index contributed by atoms with van der Waals surface area (Å²) in [5.41, 5.74) is 2.56. The normalized spacial score (nSPS) is 15.8. The van der Waals surface area contributed by atoms with Gasteiger partial charge in [-0.15, -0.1) is 0 Å². The average Bonchev–Trinajstić information content (AvgIpc) is 2.77. The second-order valence-corrected chi connectivity index (χ2v) is 8.14. The minimum Gasteiger partial charge on any atom is -0.484 e. The lowest BCUT2D eigenvalue weighted by Gasteiger charge is -2.32. The number of alkyl halides is 3. The van der Waals surface area contributed by atoms with Crippen LogP contribution in [-0.2, 0) is 0 Å². The van der Waals surface area contributed by atoms with Gasteiger partial charge in [-0.1, -0.05) is 42.0 Å². The number of piperidine rings is 1. The van der Waals surface area contributed by atoms with Crippen molar-refractivity contribution in [2.24, 2.45) is 5.92 Å². The van der Waals surface area contributed by atoms with Crippen LogP contribution in [0.2, 0.25) is 0 Å². The van der Waals surface area contributed by atoms with Crippen LogP contribution in [-0.4, -0.2) is 42.6 Å². The minimum atomic E-state index is -4.39. The zero-order valence-electron chi connectivity index (χ0n) is 18.1. The summed E-state index contributed by atoms with van der Waals surface area (Å²) in [5, 5.41) is 2.90. The van der Waals surface area contributed by atoms with Crippen LogP contribution in [0.4, 0.5) is 18.0 Å². The number of carbonyl (C=O) groups is 2. The predicted octanol–water partition coefficient (Wildman–Crippen LogP) is 5.30. The number of nitrogens with zero attached hydrogens (tertiary/aromatic N) is 1. The molecule has 32 heavy (non-hydrogen) atoms. The van der Waals surface area contributed by atoms with Crippen LogP contribution >= 0.6 is 0 Å². The lowest BCUT2D eigenvalue weighted by molar-refractivity contribution is -0.153. The molecule has 0 bridgehead atoms. The fraction of sp³-hybridized carbons (Fsp3) is 0.417. The Bertz CT molecular complexity index is 919. The summed E-state index contributed by atoms with van der Waals surface area (Å²) in [7, 11) is 0. The third kappa shape index (κ3) is 6.48. The van der Waals surface area contributed by atoms with E-state index in [1.165, 1.54) is 12.1 Å². The molecule has 0 spiro atoms. The molecule has 0 aromatic heterocycles. The quantitative estimate of drug-likeness (QED) is 0.610. The number of halogens is 3. The maximum atomic E-state index is 12.7. The lowest BCUT2D eigenvalue weighted by Crippen LogP contribution is -2.46. The standard InChI is InChI=1S/C24H27F3N2O3/c1-16-3-5-19(6-4-16)22(30)20-11-13-29(14-12-20)23(31)28-17(2)18-7-9-21(10-8-18)32-15-24(25,26)27/h3-10,17,20H,11-15H2,1-2H3,(H,28,31). The Morgan fingerprint density at radius 1 is 1.06 bits per heavy atom. The van der Waals surface area contributed by atoms with E-state index in [0.29, 0.717) is 31.5 Å². The molecule has 5 nitrogen and oxygen atoms in total. The number of rotatable bonds is 6. The van der Waals surface area contributed by atoms with Gasteiger partial charge in [-0.3, -0.25) is 4.79 Å². The Kier molecular flexibility index (Phi) is 7.43. The second kappa shape index (κ2) is 10.1. The van der Waals surface area contributed by atoms with Gasteiger partial charge in [0.15, 0.2) is 12.4 Å². The van der Waals surface area contributed by atoms with Gasteiger partial charge in [-0.25, -0.2) is 4.79 Å². The van der Waals surface area contributed by atoms with E-state index in [0.717, 1.165) is 11.1 Å². The molecule has 172 valence electrons. The van der Waals surface area contributed by atoms with Crippen molar-refractivity contribution in [3.8, 4) is 5.75 Å². The first-order valence-corrected chi connectivity index (χ1v) is 10.6. The van der Waals surface area contributed by atoms with Crippen LogP contribution < -0.4 is 10.1 Å². The van der Waals surface area contributed by atoms with Gasteiger partial charge in [-0.05, 0) is 44.4 Å². The number of aryl methyl sites for hydroxylation is 1. The molecule has 1 unspecified atom stereocenters. The number of ether oxygens (including phenoxy) is 1. The first kappa shape index (κ1) is 23.6. The molecule has 2 aromatic carbocycles. The van der Waals surface area contributed by atoms with Gasteiger partial charge >= 0.3 is 12.2 Å². The monoisotopic (exact) mass is 448 g/mol. The number of Topliss-reactive ketones (excluding diaryl/α,β-unsaturated/α-hetero) is 1. The van der Waals surface area contributed by atoms with Crippen LogP contribution in [0.15, 0.2) is 48.5 Å². The fourth-order valence-corrected chi connectivity index (χ4v) is 3.68. The van der Waals surface area contributed by atoms with Crippen LogP contribution in [0.5, 0.6) is 5.75 Å². The zero-order chi connectivity index (χ0) is 23.3. The molecule has 0 radical (unpaired) electrons. The van der Waals surface area contributed by atoms with Gasteiger partial charge in [0.1, 0.15) is 5.75 Å². The third-order valence-corrected chi connectivity index (χ3v) is 5.61. The molecule has 1 fully saturated rings. The van der Waals surface area contributed by atoms with Gasteiger partial charge in [0, 0.05) is 24.6 Å². The number of hydrogen-bond donors (Lipinski definition) is 1. The number of hydrogen-bond acceptors (Lipinski definition) is 3. The van der Waals surface area contributed by atoms with E-state index < -0.39 is 12.8 Å². The van der Waals surface area contributed by atoms with Gasteiger partial charge in [0.05, 0.1) is 6.04 Å². The summed E-state index contributed by atoms with van der Waals surface area (Å²) < 4.78 is 41.4. The molecule has 1 saturated heterocycles. The maximum Gasteiger partial charge on any atom is 0.422 e. The molecule has 1 heterocycles. The highest BCUT2D eigenvalue weighted by Crippen LogP contribution is 2.24. The van der Waals surface area contributed by atoms with Crippen LogP contribution in [0.25, 0.3) is 0 Å². The van der Waals surface area contributed by atoms with Gasteiger partial charge in [-0.2, -0.15) is 13.2 Å². The van der Waals surface area contributed by atoms with Crippen molar-refractivity contribution in [2.75, 3.05) is 19.7 Å². The highest BCUT2D eigenvalue weighted by molar-refractivity contribution is 5.98. The Labute approximate surface area is 185 Å². The van der Waals surface area contributed by atoms with Gasteiger partial charge in [0.2, 0.25) is 0 Å². The van der Waals surface area contributed by atoms with E-state index in [2.05, 4.69) is 5.32 Å². The van der Waals surface area contributed by atoms with Crippen molar-refractivity contribution in [1.82, 2.24) is 10.2 Å². The second-order valence-electron chi connectivity index (χ2n) is 8.14. The number of carbonyl (C=O) groups excluding carboxylic acids is 2. The number of benzene rings is 2. The maximum absolute atomic E-state index is 12.7. The first-order chi connectivity index (χ1) is 15.1. The summed E-state index contributed by atoms with van der Waals surface area (Å²) in [6.07, 6.45) is -3.17. The van der Waals surface area contributed by atoms with Crippen molar-refractivity contribution >= 4 is 11.8 Å². The van der Waals surface area contributed by atoms with E-state index in [4.69, 9.17) is 4.74 Å². The highest BCUT2D eigenvalue weighted by Gasteiger charge is 2.29. The summed E-state index contributed by atoms with van der Waals surface area (Å²) in [6.45, 7) is 3.41. The van der Waals surface area contributed by atoms with Crippen molar-refractivity contribution in [1.29, 1.82) is 0 Å². The number of amides is 2. The molecule has 8 heteroatoms. The van der Waals surface area contributed by atoms with Crippen LogP contribution in [0.1, 0.15) is 47.3 Å². The molecule has 2 aromatic rings. The summed E-state index contributed by atoms with van der Waals surface area (Å²) >= 11 is 0. The molecule has 2 amide bonds.